The van der Waals surface area contributed by atoms with Crippen LogP contribution < -0.4 is 4.72 Å². The quantitative estimate of drug-likeness (QED) is 0.296. The van der Waals surface area contributed by atoms with Gasteiger partial charge in [0, 0.05) is 0 Å². The Hall–Kier alpha value is -0.433. The zero-order chi connectivity index (χ0) is 23.0. The second-order valence-corrected chi connectivity index (χ2v) is 16.0. The molecule has 1 N–H and O–H groups in total. The highest BCUT2D eigenvalue weighted by Crippen LogP contribution is 2.39. The van der Waals surface area contributed by atoms with Gasteiger partial charge in [0.1, 0.15) is 21.7 Å². The van der Waals surface area contributed by atoms with E-state index >= 15 is 4.39 Å². The number of pyridine rings is 1. The van der Waals surface area contributed by atoms with Crippen LogP contribution in [0.3, 0.4) is 0 Å². The molecule has 0 fully saturated rings. The Morgan fingerprint density at radius 3 is 2.10 bits per heavy atom. The maximum atomic E-state index is 15.6. The van der Waals surface area contributed by atoms with Gasteiger partial charge in [0.25, 0.3) is 0 Å². The molecule has 4 atom stereocenters. The lowest BCUT2D eigenvalue weighted by Crippen LogP contribution is -2.60. The summed E-state index contributed by atoms with van der Waals surface area (Å²) in [7, 11) is -4.89. The SMILES string of the molecule is CC(C)(C)S(=O)N[C@](C)(c1nc(Br)ccc1F)[C@@H](F)[C@H](O[Si](C)(C)C)C(F)(F)F. The van der Waals surface area contributed by atoms with Gasteiger partial charge in [0.15, 0.2) is 20.6 Å². The number of rotatable bonds is 7. The molecular formula is C17H26BrF5N2O2SSi. The summed E-state index contributed by atoms with van der Waals surface area (Å²) in [6.45, 7) is 10.1. The van der Waals surface area contributed by atoms with Crippen molar-refractivity contribution in [2.75, 3.05) is 0 Å². The smallest absolute Gasteiger partial charge is 0.404 e. The molecule has 1 rings (SSSR count). The van der Waals surface area contributed by atoms with Crippen molar-refractivity contribution in [1.82, 2.24) is 9.71 Å². The van der Waals surface area contributed by atoms with E-state index in [0.717, 1.165) is 13.0 Å². The highest BCUT2D eigenvalue weighted by molar-refractivity contribution is 9.10. The summed E-state index contributed by atoms with van der Waals surface area (Å²) < 4.78 is 90.7. The number of halogens is 6. The molecule has 1 aromatic rings. The van der Waals surface area contributed by atoms with E-state index in [1.807, 2.05) is 0 Å². The van der Waals surface area contributed by atoms with Crippen LogP contribution in [0.15, 0.2) is 16.7 Å². The second-order valence-electron chi connectivity index (χ2n) is 8.74. The molecular weight excluding hydrogens is 499 g/mol. The van der Waals surface area contributed by atoms with Crippen molar-refractivity contribution >= 4 is 35.2 Å². The third-order valence-electron chi connectivity index (χ3n) is 3.79. The standard InChI is InChI=1S/C17H26BrF5N2O2SSi/c1-15(2,3)28(26)25-16(4,13-10(19)8-9-11(18)24-13)12(20)14(17(21,22)23)27-29(5,6)7/h8-9,12,14,25H,1-7H3/t12-,14-,16-,28?/m0/s1. The van der Waals surface area contributed by atoms with E-state index in [2.05, 4.69) is 25.6 Å². The van der Waals surface area contributed by atoms with E-state index in [1.54, 1.807) is 20.8 Å². The molecule has 0 spiro atoms. The second kappa shape index (κ2) is 8.97. The Balaban J connectivity index is 3.64. The first-order valence-electron chi connectivity index (χ1n) is 8.70. The van der Waals surface area contributed by atoms with Gasteiger partial charge < -0.3 is 4.43 Å². The van der Waals surface area contributed by atoms with Crippen LogP contribution in [0.25, 0.3) is 0 Å². The number of nitrogens with one attached hydrogen (secondary N) is 1. The summed E-state index contributed by atoms with van der Waals surface area (Å²) in [5, 5.41) is 0. The highest BCUT2D eigenvalue weighted by atomic mass is 79.9. The first-order valence-corrected chi connectivity index (χ1v) is 14.0. The normalized spacial score (nSPS) is 18.8. The van der Waals surface area contributed by atoms with Gasteiger partial charge in [0.2, 0.25) is 0 Å². The molecule has 4 nitrogen and oxygen atoms in total. The van der Waals surface area contributed by atoms with Crippen LogP contribution in [0.5, 0.6) is 0 Å². The first kappa shape index (κ1) is 26.6. The molecule has 0 amide bonds. The van der Waals surface area contributed by atoms with Crippen molar-refractivity contribution < 1.29 is 30.6 Å². The summed E-state index contributed by atoms with van der Waals surface area (Å²) in [6, 6.07) is 2.17. The van der Waals surface area contributed by atoms with Gasteiger partial charge in [-0.15, -0.1) is 0 Å². The van der Waals surface area contributed by atoms with Crippen LogP contribution in [0.4, 0.5) is 22.0 Å². The molecule has 0 saturated carbocycles. The van der Waals surface area contributed by atoms with Crippen LogP contribution in [0, 0.1) is 5.82 Å². The lowest BCUT2D eigenvalue weighted by atomic mass is 9.88. The minimum Gasteiger partial charge on any atom is -0.404 e. The number of hydrogen-bond donors (Lipinski definition) is 1. The average Bonchev–Trinajstić information content (AvgIpc) is 2.51. The fraction of sp³-hybridized carbons (Fsp3) is 0.706. The molecule has 1 aromatic heterocycles. The van der Waals surface area contributed by atoms with Crippen LogP contribution in [0.2, 0.25) is 19.6 Å². The molecule has 29 heavy (non-hydrogen) atoms. The van der Waals surface area contributed by atoms with E-state index in [0.29, 0.717) is 0 Å². The molecule has 0 aromatic carbocycles. The van der Waals surface area contributed by atoms with Crippen molar-refractivity contribution in [1.29, 1.82) is 0 Å². The van der Waals surface area contributed by atoms with E-state index in [9.17, 15) is 21.8 Å². The topological polar surface area (TPSA) is 51.2 Å². The van der Waals surface area contributed by atoms with E-state index in [-0.39, 0.29) is 4.60 Å². The highest BCUT2D eigenvalue weighted by Gasteiger charge is 2.57. The van der Waals surface area contributed by atoms with E-state index in [1.165, 1.54) is 25.7 Å². The lowest BCUT2D eigenvalue weighted by molar-refractivity contribution is -0.222. The minimum atomic E-state index is -5.08. The molecule has 0 saturated heterocycles. The van der Waals surface area contributed by atoms with Gasteiger partial charge >= 0.3 is 6.18 Å². The van der Waals surface area contributed by atoms with Gasteiger partial charge in [-0.3, -0.25) is 0 Å². The van der Waals surface area contributed by atoms with Crippen LogP contribution in [-0.2, 0) is 21.0 Å². The summed E-state index contributed by atoms with van der Waals surface area (Å²) in [4.78, 5) is 3.86. The Morgan fingerprint density at radius 1 is 1.17 bits per heavy atom. The lowest BCUT2D eigenvalue weighted by Gasteiger charge is -2.40. The third-order valence-corrected chi connectivity index (χ3v) is 6.91. The van der Waals surface area contributed by atoms with Crippen molar-refractivity contribution in [3.63, 3.8) is 0 Å². The molecule has 0 aliphatic rings. The number of aromatic nitrogens is 1. The Morgan fingerprint density at radius 2 is 1.69 bits per heavy atom. The van der Waals surface area contributed by atoms with Crippen LogP contribution >= 0.6 is 15.9 Å². The van der Waals surface area contributed by atoms with Gasteiger partial charge in [0.05, 0.1) is 15.7 Å². The molecule has 168 valence electrons. The Labute approximate surface area is 179 Å². The third kappa shape index (κ3) is 7.05. The minimum absolute atomic E-state index is 0.0883. The fourth-order valence-corrected chi connectivity index (χ4v) is 4.56. The summed E-state index contributed by atoms with van der Waals surface area (Å²) in [5.41, 5.74) is -3.03. The van der Waals surface area contributed by atoms with Crippen LogP contribution in [0.1, 0.15) is 33.4 Å². The fourth-order valence-electron chi connectivity index (χ4n) is 2.34. The van der Waals surface area contributed by atoms with Crippen molar-refractivity contribution in [2.24, 2.45) is 0 Å². The monoisotopic (exact) mass is 524 g/mol. The van der Waals surface area contributed by atoms with E-state index in [4.69, 9.17) is 4.43 Å². The van der Waals surface area contributed by atoms with Gasteiger partial charge in [-0.25, -0.2) is 22.7 Å². The van der Waals surface area contributed by atoms with Crippen molar-refractivity contribution in [3.05, 3.63) is 28.2 Å². The summed E-state index contributed by atoms with van der Waals surface area (Å²) in [6.07, 6.45) is -10.8. The zero-order valence-corrected chi connectivity index (χ0v) is 20.7. The van der Waals surface area contributed by atoms with Gasteiger partial charge in [-0.1, -0.05) is 0 Å². The van der Waals surface area contributed by atoms with E-state index < -0.39 is 59.6 Å². The molecule has 12 heteroatoms. The molecule has 0 aliphatic carbocycles. The maximum absolute atomic E-state index is 15.6. The number of nitrogens with zero attached hydrogens (tertiary/aromatic N) is 1. The van der Waals surface area contributed by atoms with Crippen molar-refractivity contribution in [2.45, 2.75) is 76.1 Å². The molecule has 0 aliphatic heterocycles. The predicted octanol–water partition coefficient (Wildman–Crippen LogP) is 5.37. The summed E-state index contributed by atoms with van der Waals surface area (Å²) >= 11 is 3.02. The first-order chi connectivity index (χ1) is 12.8. The molecule has 1 unspecified atom stereocenters. The van der Waals surface area contributed by atoms with Crippen LogP contribution in [-0.4, -0.2) is 40.7 Å². The number of alkyl halides is 4. The predicted molar refractivity (Wildman–Crippen MR) is 109 cm³/mol. The molecule has 0 bridgehead atoms. The van der Waals surface area contributed by atoms with Gasteiger partial charge in [-0.05, 0) is 75.4 Å². The Kier molecular flexibility index (Phi) is 8.23. The van der Waals surface area contributed by atoms with Crippen molar-refractivity contribution in [3.8, 4) is 0 Å². The molecule has 1 heterocycles. The largest absolute Gasteiger partial charge is 0.416 e. The molecule has 0 radical (unpaired) electrons. The zero-order valence-electron chi connectivity index (χ0n) is 17.2. The average molecular weight is 525 g/mol. The summed E-state index contributed by atoms with van der Waals surface area (Å²) in [5.74, 6) is -1.04. The Bertz CT molecular complexity index is 755. The maximum Gasteiger partial charge on any atom is 0.416 e. The number of hydrogen-bond acceptors (Lipinski definition) is 3. The van der Waals surface area contributed by atoms with Gasteiger partial charge in [-0.2, -0.15) is 13.2 Å².